The zero-order valence-corrected chi connectivity index (χ0v) is 16.5. The molecule has 0 saturated heterocycles. The number of hydrogen-bond donors (Lipinski definition) is 1. The van der Waals surface area contributed by atoms with Crippen molar-refractivity contribution < 1.29 is 14.3 Å². The summed E-state index contributed by atoms with van der Waals surface area (Å²) in [6, 6.07) is 0. The van der Waals surface area contributed by atoms with Crippen LogP contribution in [0.5, 0.6) is 0 Å². The van der Waals surface area contributed by atoms with Gasteiger partial charge >= 0.3 is 6.09 Å². The first-order valence-corrected chi connectivity index (χ1v) is 9.00. The molecule has 0 aromatic rings. The highest BCUT2D eigenvalue weighted by Crippen LogP contribution is 2.23. The van der Waals surface area contributed by atoms with Gasteiger partial charge in [-0.1, -0.05) is 0 Å². The molecule has 0 aliphatic carbocycles. The largest absolute Gasteiger partial charge is 0.444 e. The Morgan fingerprint density at radius 2 is 2.00 bits per heavy atom. The lowest BCUT2D eigenvalue weighted by atomic mass is 9.95. The van der Waals surface area contributed by atoms with E-state index >= 15 is 0 Å². The summed E-state index contributed by atoms with van der Waals surface area (Å²) in [5.41, 5.74) is 8.02. The van der Waals surface area contributed by atoms with E-state index < -0.39 is 11.7 Å². The maximum atomic E-state index is 13.0. The quantitative estimate of drug-likeness (QED) is 0.760. The summed E-state index contributed by atoms with van der Waals surface area (Å²) in [7, 11) is 3.78. The van der Waals surface area contributed by atoms with Crippen molar-refractivity contribution in [2.45, 2.75) is 45.6 Å². The number of nitrogens with two attached hydrogens (primary N) is 1. The third-order valence-electron chi connectivity index (χ3n) is 4.12. The Kier molecular flexibility index (Phi) is 6.10. The lowest BCUT2D eigenvalue weighted by Gasteiger charge is -2.32. The van der Waals surface area contributed by atoms with Gasteiger partial charge in [0.05, 0.1) is 6.54 Å². The second-order valence-electron chi connectivity index (χ2n) is 7.94. The van der Waals surface area contributed by atoms with Crippen LogP contribution in [-0.2, 0) is 9.53 Å². The molecule has 1 amide bonds. The maximum absolute atomic E-state index is 13.0. The molecule has 0 unspecified atom stereocenters. The van der Waals surface area contributed by atoms with Crippen LogP contribution in [0.2, 0.25) is 0 Å². The smallest absolute Gasteiger partial charge is 0.410 e. The van der Waals surface area contributed by atoms with Crippen molar-refractivity contribution in [1.82, 2.24) is 9.80 Å². The van der Waals surface area contributed by atoms with Gasteiger partial charge in [0.2, 0.25) is 5.78 Å². The zero-order valence-electron chi connectivity index (χ0n) is 16.5. The molecule has 0 saturated carbocycles. The van der Waals surface area contributed by atoms with Crippen molar-refractivity contribution in [2.75, 3.05) is 33.7 Å². The van der Waals surface area contributed by atoms with Gasteiger partial charge in [-0.25, -0.2) is 4.79 Å². The highest BCUT2D eigenvalue weighted by atomic mass is 16.6. The Morgan fingerprint density at radius 1 is 1.31 bits per heavy atom. The number of amides is 1. The number of carbonyl (C=O) groups excluding carboxylic acids is 2. The summed E-state index contributed by atoms with van der Waals surface area (Å²) in [5.74, 6) is -0.0970. The Morgan fingerprint density at radius 3 is 2.62 bits per heavy atom. The van der Waals surface area contributed by atoms with E-state index in [0.717, 1.165) is 12.0 Å². The number of nitrogens with zero attached hydrogens (tertiary/aromatic N) is 3. The number of allylic oxidation sites excluding steroid dienone is 1. The molecule has 144 valence electrons. The van der Waals surface area contributed by atoms with Crippen LogP contribution in [0, 0.1) is 0 Å². The van der Waals surface area contributed by atoms with Gasteiger partial charge < -0.3 is 20.3 Å². The second kappa shape index (κ2) is 7.93. The molecule has 0 atom stereocenters. The van der Waals surface area contributed by atoms with E-state index in [4.69, 9.17) is 10.5 Å². The van der Waals surface area contributed by atoms with Crippen molar-refractivity contribution in [2.24, 2.45) is 10.7 Å². The average Bonchev–Trinajstić information content (AvgIpc) is 2.68. The topological polar surface area (TPSA) is 88.2 Å². The molecular formula is C19H30N4O3. The first-order valence-electron chi connectivity index (χ1n) is 9.00. The molecule has 2 rings (SSSR count). The van der Waals surface area contributed by atoms with E-state index in [9.17, 15) is 9.59 Å². The second-order valence-corrected chi connectivity index (χ2v) is 7.94. The minimum absolute atomic E-state index is 0.0970. The van der Waals surface area contributed by atoms with Crippen LogP contribution < -0.4 is 5.73 Å². The third-order valence-corrected chi connectivity index (χ3v) is 4.12. The molecule has 2 aliphatic heterocycles. The van der Waals surface area contributed by atoms with Gasteiger partial charge in [0.15, 0.2) is 0 Å². The molecule has 0 fully saturated rings. The third kappa shape index (κ3) is 5.09. The molecular weight excluding hydrogens is 332 g/mol. The van der Waals surface area contributed by atoms with Gasteiger partial charge in [-0.05, 0) is 33.6 Å². The summed E-state index contributed by atoms with van der Waals surface area (Å²) in [4.78, 5) is 33.3. The fraction of sp³-hybridized carbons (Fsp3) is 0.632. The SMILES string of the molecule is CN(C)/C=C1\CCCN=C(C2=C(N)CCN(C(=O)OC(C)(C)C)C2)C1=O. The number of rotatable bonds is 2. The predicted octanol–water partition coefficient (Wildman–Crippen LogP) is 2.09. The molecule has 0 bridgehead atoms. The summed E-state index contributed by atoms with van der Waals surface area (Å²) < 4.78 is 5.45. The normalized spacial score (nSPS) is 20.8. The molecule has 0 radical (unpaired) electrons. The number of ketones is 1. The molecule has 2 aliphatic rings. The number of aliphatic imine (C=N–C) groups is 1. The lowest BCUT2D eigenvalue weighted by molar-refractivity contribution is -0.109. The average molecular weight is 362 g/mol. The summed E-state index contributed by atoms with van der Waals surface area (Å²) in [6.07, 6.45) is 3.46. The van der Waals surface area contributed by atoms with Crippen molar-refractivity contribution in [3.63, 3.8) is 0 Å². The molecule has 26 heavy (non-hydrogen) atoms. The monoisotopic (exact) mass is 362 g/mol. The Bertz CT molecular complexity index is 669. The van der Waals surface area contributed by atoms with E-state index in [-0.39, 0.29) is 12.3 Å². The van der Waals surface area contributed by atoms with E-state index in [2.05, 4.69) is 4.99 Å². The number of hydrogen-bond acceptors (Lipinski definition) is 6. The zero-order chi connectivity index (χ0) is 19.5. The van der Waals surface area contributed by atoms with E-state index in [1.165, 1.54) is 0 Å². The summed E-state index contributed by atoms with van der Waals surface area (Å²) in [6.45, 7) is 6.80. The predicted molar refractivity (Wildman–Crippen MR) is 102 cm³/mol. The first kappa shape index (κ1) is 20.0. The summed E-state index contributed by atoms with van der Waals surface area (Å²) in [5, 5.41) is 0. The number of Topliss-reactive ketones (excluding diaryl/α,β-unsaturated/α-hetero) is 1. The molecule has 7 nitrogen and oxygen atoms in total. The van der Waals surface area contributed by atoms with Crippen molar-refractivity contribution in [3.05, 3.63) is 23.0 Å². The van der Waals surface area contributed by atoms with Gasteiger partial charge in [-0.3, -0.25) is 9.79 Å². The molecule has 0 spiro atoms. The molecule has 2 heterocycles. The van der Waals surface area contributed by atoms with Crippen LogP contribution in [-0.4, -0.2) is 66.7 Å². The van der Waals surface area contributed by atoms with Crippen LogP contribution in [0.1, 0.15) is 40.0 Å². The molecule has 7 heteroatoms. The van der Waals surface area contributed by atoms with Gasteiger partial charge in [0, 0.05) is 56.6 Å². The van der Waals surface area contributed by atoms with E-state index in [1.54, 1.807) is 4.90 Å². The van der Waals surface area contributed by atoms with E-state index in [0.29, 0.717) is 42.9 Å². The van der Waals surface area contributed by atoms with Gasteiger partial charge in [0.1, 0.15) is 11.3 Å². The van der Waals surface area contributed by atoms with Crippen LogP contribution >= 0.6 is 0 Å². The number of carbonyl (C=O) groups is 2. The highest BCUT2D eigenvalue weighted by molar-refractivity contribution is 6.51. The van der Waals surface area contributed by atoms with Crippen molar-refractivity contribution in [3.8, 4) is 0 Å². The van der Waals surface area contributed by atoms with E-state index in [1.807, 2.05) is 46.0 Å². The molecule has 2 N–H and O–H groups in total. The minimum atomic E-state index is -0.568. The maximum Gasteiger partial charge on any atom is 0.410 e. The standard InChI is InChI=1S/C19H30N4O3/c1-19(2,3)26-18(25)23-10-8-15(20)14(12-23)16-17(24)13(11-22(4)5)7-6-9-21-16/h11H,6-10,12,20H2,1-5H3/b13-11+. The summed E-state index contributed by atoms with van der Waals surface area (Å²) >= 11 is 0. The van der Waals surface area contributed by atoms with Gasteiger partial charge in [-0.15, -0.1) is 0 Å². The van der Waals surface area contributed by atoms with Gasteiger partial charge in [-0.2, -0.15) is 0 Å². The van der Waals surface area contributed by atoms with Crippen LogP contribution in [0.3, 0.4) is 0 Å². The Balaban J connectivity index is 2.26. The van der Waals surface area contributed by atoms with Crippen LogP contribution in [0.25, 0.3) is 0 Å². The fourth-order valence-corrected chi connectivity index (χ4v) is 2.95. The first-order chi connectivity index (χ1) is 12.1. The lowest BCUT2D eigenvalue weighted by Crippen LogP contribution is -2.43. The van der Waals surface area contributed by atoms with Crippen molar-refractivity contribution >= 4 is 17.6 Å². The van der Waals surface area contributed by atoms with Gasteiger partial charge in [0.25, 0.3) is 0 Å². The number of ether oxygens (including phenoxy) is 1. The Hall–Kier alpha value is -2.31. The van der Waals surface area contributed by atoms with Crippen LogP contribution in [0.15, 0.2) is 28.0 Å². The fourth-order valence-electron chi connectivity index (χ4n) is 2.95. The highest BCUT2D eigenvalue weighted by Gasteiger charge is 2.31. The molecule has 0 aromatic carbocycles. The Labute approximate surface area is 155 Å². The minimum Gasteiger partial charge on any atom is -0.444 e. The van der Waals surface area contributed by atoms with Crippen molar-refractivity contribution in [1.29, 1.82) is 0 Å². The molecule has 0 aromatic heterocycles. The van der Waals surface area contributed by atoms with Crippen LogP contribution in [0.4, 0.5) is 4.79 Å².